The molecule has 2 rings (SSSR count). The molecule has 1 aromatic heterocycles. The number of carbonyl (C=O) groups excluding carboxylic acids is 2. The molecule has 8 heteroatoms. The minimum absolute atomic E-state index is 0.0891. The van der Waals surface area contributed by atoms with Crippen LogP contribution in [0.4, 0.5) is 5.69 Å². The molecule has 1 aromatic carbocycles. The SMILES string of the molecule is CC[NH+](CC(=O)NCc1cccs1)CC(=O)Nc1c(Cl)cccc1Cl. The van der Waals surface area contributed by atoms with Gasteiger partial charge in [-0.1, -0.05) is 35.3 Å². The number of rotatable bonds is 8. The van der Waals surface area contributed by atoms with Crippen LogP contribution in [-0.4, -0.2) is 31.4 Å². The molecule has 5 nitrogen and oxygen atoms in total. The van der Waals surface area contributed by atoms with Crippen molar-refractivity contribution < 1.29 is 14.5 Å². The van der Waals surface area contributed by atoms with E-state index in [4.69, 9.17) is 23.2 Å². The summed E-state index contributed by atoms with van der Waals surface area (Å²) >= 11 is 13.7. The Morgan fingerprint density at radius 1 is 1.08 bits per heavy atom. The summed E-state index contributed by atoms with van der Waals surface area (Å²) < 4.78 is 0. The van der Waals surface area contributed by atoms with Gasteiger partial charge in [0.15, 0.2) is 13.1 Å². The molecule has 0 aliphatic heterocycles. The monoisotopic (exact) mass is 400 g/mol. The van der Waals surface area contributed by atoms with Crippen LogP contribution in [0, 0.1) is 0 Å². The normalized spacial score (nSPS) is 11.8. The number of hydrogen-bond acceptors (Lipinski definition) is 3. The van der Waals surface area contributed by atoms with Crippen LogP contribution in [0.5, 0.6) is 0 Å². The number of para-hydroxylation sites is 1. The Morgan fingerprint density at radius 3 is 2.36 bits per heavy atom. The number of carbonyl (C=O) groups is 2. The Kier molecular flexibility index (Phi) is 7.71. The fraction of sp³-hybridized carbons (Fsp3) is 0.294. The number of nitrogens with one attached hydrogen (secondary N) is 3. The molecule has 0 spiro atoms. The Morgan fingerprint density at radius 2 is 1.76 bits per heavy atom. The van der Waals surface area contributed by atoms with Crippen molar-refractivity contribution >= 4 is 52.0 Å². The molecule has 3 N–H and O–H groups in total. The average Bonchev–Trinajstić information content (AvgIpc) is 3.09. The highest BCUT2D eigenvalue weighted by atomic mass is 35.5. The van der Waals surface area contributed by atoms with Gasteiger partial charge in [0, 0.05) is 4.88 Å². The lowest BCUT2D eigenvalue weighted by Gasteiger charge is -2.17. The van der Waals surface area contributed by atoms with Crippen molar-refractivity contribution in [2.24, 2.45) is 0 Å². The van der Waals surface area contributed by atoms with Crippen molar-refractivity contribution in [3.05, 3.63) is 50.6 Å². The summed E-state index contributed by atoms with van der Waals surface area (Å²) in [5.41, 5.74) is 0.397. The fourth-order valence-electron chi connectivity index (χ4n) is 2.23. The third-order valence-corrected chi connectivity index (χ3v) is 5.09. The number of thiophene rings is 1. The summed E-state index contributed by atoms with van der Waals surface area (Å²) in [4.78, 5) is 26.2. The lowest BCUT2D eigenvalue weighted by molar-refractivity contribution is -0.881. The second kappa shape index (κ2) is 9.77. The number of amides is 2. The molecule has 25 heavy (non-hydrogen) atoms. The van der Waals surface area contributed by atoms with Crippen LogP contribution >= 0.6 is 34.5 Å². The molecule has 0 aliphatic carbocycles. The zero-order valence-corrected chi connectivity index (χ0v) is 16.1. The molecule has 0 aliphatic rings. The van der Waals surface area contributed by atoms with Gasteiger partial charge in [0.2, 0.25) is 0 Å². The smallest absolute Gasteiger partial charge is 0.279 e. The Labute approximate surface area is 160 Å². The van der Waals surface area contributed by atoms with Gasteiger partial charge in [-0.2, -0.15) is 0 Å². The molecule has 0 radical (unpaired) electrons. The molecular weight excluding hydrogens is 381 g/mol. The van der Waals surface area contributed by atoms with Gasteiger partial charge < -0.3 is 15.5 Å². The molecule has 0 bridgehead atoms. The van der Waals surface area contributed by atoms with E-state index < -0.39 is 0 Å². The second-order valence-corrected chi connectivity index (χ2v) is 7.30. The summed E-state index contributed by atoms with van der Waals surface area (Å²) in [5, 5.41) is 8.32. The van der Waals surface area contributed by atoms with Gasteiger partial charge in [-0.05, 0) is 30.5 Å². The first-order chi connectivity index (χ1) is 12.0. The molecule has 0 saturated carbocycles. The average molecular weight is 401 g/mol. The predicted octanol–water partition coefficient (Wildman–Crippen LogP) is 2.21. The lowest BCUT2D eigenvalue weighted by atomic mass is 10.3. The first kappa shape index (κ1) is 19.7. The van der Waals surface area contributed by atoms with E-state index in [1.165, 1.54) is 0 Å². The standard InChI is InChI=1S/C17H19Cl2N3O2S/c1-2-22(10-15(23)20-9-12-5-4-8-25-12)11-16(24)21-17-13(18)6-3-7-14(17)19/h3-8H,2,9-11H2,1H3,(H,20,23)(H,21,24)/p+1. The van der Waals surface area contributed by atoms with E-state index >= 15 is 0 Å². The number of anilines is 1. The molecule has 2 aromatic rings. The number of benzene rings is 1. The van der Waals surface area contributed by atoms with Crippen molar-refractivity contribution in [1.82, 2.24) is 5.32 Å². The molecule has 0 fully saturated rings. The minimum atomic E-state index is -0.238. The highest BCUT2D eigenvalue weighted by molar-refractivity contribution is 7.09. The quantitative estimate of drug-likeness (QED) is 0.635. The molecule has 134 valence electrons. The maximum atomic E-state index is 12.2. The van der Waals surface area contributed by atoms with E-state index in [0.29, 0.717) is 28.8 Å². The molecule has 1 heterocycles. The third kappa shape index (κ3) is 6.32. The summed E-state index contributed by atoms with van der Waals surface area (Å²) in [6.07, 6.45) is 0. The zero-order valence-electron chi connectivity index (χ0n) is 13.8. The third-order valence-electron chi connectivity index (χ3n) is 3.59. The van der Waals surface area contributed by atoms with Crippen molar-refractivity contribution in [3.63, 3.8) is 0 Å². The highest BCUT2D eigenvalue weighted by Gasteiger charge is 2.18. The van der Waals surface area contributed by atoms with Gasteiger partial charge in [-0.25, -0.2) is 0 Å². The van der Waals surface area contributed by atoms with Crippen LogP contribution in [-0.2, 0) is 16.1 Å². The van der Waals surface area contributed by atoms with Crippen LogP contribution in [0.3, 0.4) is 0 Å². The molecule has 1 unspecified atom stereocenters. The fourth-order valence-corrected chi connectivity index (χ4v) is 3.37. The maximum absolute atomic E-state index is 12.2. The van der Waals surface area contributed by atoms with E-state index in [2.05, 4.69) is 10.6 Å². The topological polar surface area (TPSA) is 62.6 Å². The summed E-state index contributed by atoms with van der Waals surface area (Å²) in [6, 6.07) is 8.94. The van der Waals surface area contributed by atoms with Crippen LogP contribution in [0.1, 0.15) is 11.8 Å². The van der Waals surface area contributed by atoms with Crippen LogP contribution in [0.2, 0.25) is 10.0 Å². The summed E-state index contributed by atoms with van der Waals surface area (Å²) in [5.74, 6) is -0.327. The maximum Gasteiger partial charge on any atom is 0.279 e. The van der Waals surface area contributed by atoms with Crippen LogP contribution in [0.25, 0.3) is 0 Å². The van der Waals surface area contributed by atoms with Crippen molar-refractivity contribution in [1.29, 1.82) is 0 Å². The van der Waals surface area contributed by atoms with Crippen molar-refractivity contribution in [3.8, 4) is 0 Å². The summed E-state index contributed by atoms with van der Waals surface area (Å²) in [6.45, 7) is 3.47. The number of quaternary nitrogens is 1. The zero-order chi connectivity index (χ0) is 18.2. The molecule has 0 saturated heterocycles. The van der Waals surface area contributed by atoms with Gasteiger partial charge >= 0.3 is 0 Å². The van der Waals surface area contributed by atoms with Crippen LogP contribution in [0.15, 0.2) is 35.7 Å². The number of halogens is 2. The predicted molar refractivity (Wildman–Crippen MR) is 102 cm³/mol. The van der Waals surface area contributed by atoms with Gasteiger partial charge in [0.05, 0.1) is 28.8 Å². The first-order valence-electron chi connectivity index (χ1n) is 7.86. The highest BCUT2D eigenvalue weighted by Crippen LogP contribution is 2.29. The Hall–Kier alpha value is -1.60. The molecule has 2 amide bonds. The van der Waals surface area contributed by atoms with Gasteiger partial charge in [0.25, 0.3) is 11.8 Å². The summed E-state index contributed by atoms with van der Waals surface area (Å²) in [7, 11) is 0. The second-order valence-electron chi connectivity index (χ2n) is 5.46. The van der Waals surface area contributed by atoms with E-state index in [0.717, 1.165) is 9.78 Å². The van der Waals surface area contributed by atoms with Crippen molar-refractivity contribution in [2.75, 3.05) is 25.0 Å². The van der Waals surface area contributed by atoms with Crippen molar-refractivity contribution in [2.45, 2.75) is 13.5 Å². The van der Waals surface area contributed by atoms with E-state index in [1.54, 1.807) is 29.5 Å². The lowest BCUT2D eigenvalue weighted by Crippen LogP contribution is -3.14. The number of likely N-dealkylation sites (N-methyl/N-ethyl adjacent to an activating group) is 1. The molecule has 1 atom stereocenters. The largest absolute Gasteiger partial charge is 0.346 e. The molecular formula is C17H20Cl2N3O2S+. The Balaban J connectivity index is 1.83. The minimum Gasteiger partial charge on any atom is -0.346 e. The van der Waals surface area contributed by atoms with E-state index in [-0.39, 0.29) is 24.9 Å². The van der Waals surface area contributed by atoms with Gasteiger partial charge in [-0.15, -0.1) is 11.3 Å². The van der Waals surface area contributed by atoms with Crippen LogP contribution < -0.4 is 15.5 Å². The van der Waals surface area contributed by atoms with Gasteiger partial charge in [-0.3, -0.25) is 9.59 Å². The van der Waals surface area contributed by atoms with E-state index in [1.807, 2.05) is 24.4 Å². The van der Waals surface area contributed by atoms with E-state index in [9.17, 15) is 9.59 Å². The number of hydrogen-bond donors (Lipinski definition) is 3. The van der Waals surface area contributed by atoms with Gasteiger partial charge in [0.1, 0.15) is 0 Å². The Bertz CT molecular complexity index is 702. The first-order valence-corrected chi connectivity index (χ1v) is 9.49.